The third-order valence-electron chi connectivity index (χ3n) is 2.93. The van der Waals surface area contributed by atoms with Crippen molar-refractivity contribution in [3.8, 4) is 5.75 Å². The molecule has 2 rings (SSSR count). The van der Waals surface area contributed by atoms with E-state index in [0.29, 0.717) is 0 Å². The van der Waals surface area contributed by atoms with Crippen molar-refractivity contribution in [2.45, 2.75) is 32.1 Å². The summed E-state index contributed by atoms with van der Waals surface area (Å²) in [5, 5.41) is 8.54. The molecule has 0 atom stereocenters. The molecule has 1 saturated carbocycles. The van der Waals surface area contributed by atoms with Gasteiger partial charge in [-0.3, -0.25) is 4.79 Å². The Morgan fingerprint density at radius 1 is 1.18 bits per heavy atom. The highest BCUT2D eigenvalue weighted by molar-refractivity contribution is 5.69. The van der Waals surface area contributed by atoms with Gasteiger partial charge in [0.1, 0.15) is 5.75 Å². The molecule has 3 nitrogen and oxygen atoms in total. The molecule has 0 aliphatic heterocycles. The molecule has 0 aromatic heterocycles. The maximum absolute atomic E-state index is 10.4. The Kier molecular flexibility index (Phi) is 6.15. The van der Waals surface area contributed by atoms with Crippen LogP contribution in [0.3, 0.4) is 0 Å². The van der Waals surface area contributed by atoms with Crippen molar-refractivity contribution in [3.63, 3.8) is 0 Å². The molecule has 94 valence electrons. The molecule has 0 amide bonds. The van der Waals surface area contributed by atoms with Gasteiger partial charge in [-0.2, -0.15) is 0 Å². The molecule has 1 fully saturated rings. The summed E-state index contributed by atoms with van der Waals surface area (Å²) in [7, 11) is 1.66. The van der Waals surface area contributed by atoms with Crippen LogP contribution >= 0.6 is 0 Å². The summed E-state index contributed by atoms with van der Waals surface area (Å²) in [5.41, 5.74) is 0. The van der Waals surface area contributed by atoms with Gasteiger partial charge in [0.25, 0.3) is 0 Å². The highest BCUT2D eigenvalue weighted by Gasteiger charge is 2.19. The van der Waals surface area contributed by atoms with E-state index in [1.807, 2.05) is 30.3 Å². The molecule has 1 aliphatic rings. The quantitative estimate of drug-likeness (QED) is 0.856. The van der Waals surface area contributed by atoms with E-state index in [4.69, 9.17) is 9.84 Å². The molecular weight excluding hydrogens is 216 g/mol. The van der Waals surface area contributed by atoms with Crippen molar-refractivity contribution in [1.82, 2.24) is 0 Å². The van der Waals surface area contributed by atoms with Gasteiger partial charge >= 0.3 is 5.97 Å². The van der Waals surface area contributed by atoms with Crippen molar-refractivity contribution in [1.29, 1.82) is 0 Å². The lowest BCUT2D eigenvalue weighted by molar-refractivity contribution is -0.142. The lowest BCUT2D eigenvalue weighted by atomic mass is 9.90. The topological polar surface area (TPSA) is 46.5 Å². The number of ether oxygens (including phenoxy) is 1. The van der Waals surface area contributed by atoms with Crippen LogP contribution in [0.25, 0.3) is 0 Å². The monoisotopic (exact) mass is 236 g/mol. The molecule has 1 N–H and O–H groups in total. The van der Waals surface area contributed by atoms with Crippen molar-refractivity contribution in [2.24, 2.45) is 5.92 Å². The van der Waals surface area contributed by atoms with E-state index in [2.05, 4.69) is 0 Å². The molecule has 0 radical (unpaired) electrons. The summed E-state index contributed by atoms with van der Waals surface area (Å²) in [6.07, 6.45) is 5.24. The molecule has 17 heavy (non-hydrogen) atoms. The molecule has 0 spiro atoms. The van der Waals surface area contributed by atoms with Crippen LogP contribution in [0.2, 0.25) is 0 Å². The fourth-order valence-corrected chi connectivity index (χ4v) is 1.91. The second-order valence-corrected chi connectivity index (χ2v) is 4.19. The molecule has 0 saturated heterocycles. The van der Waals surface area contributed by atoms with E-state index in [0.717, 1.165) is 31.4 Å². The van der Waals surface area contributed by atoms with Crippen LogP contribution in [-0.4, -0.2) is 18.2 Å². The van der Waals surface area contributed by atoms with Crippen LogP contribution in [0.15, 0.2) is 30.3 Å². The Labute approximate surface area is 102 Å². The molecule has 0 bridgehead atoms. The zero-order valence-corrected chi connectivity index (χ0v) is 10.3. The van der Waals surface area contributed by atoms with E-state index < -0.39 is 5.97 Å². The lowest BCUT2D eigenvalue weighted by Crippen LogP contribution is -2.16. The highest BCUT2D eigenvalue weighted by atomic mass is 16.5. The molecule has 0 heterocycles. The Bertz CT molecular complexity index is 315. The molecule has 1 aromatic rings. The van der Waals surface area contributed by atoms with E-state index in [1.165, 1.54) is 6.42 Å². The van der Waals surface area contributed by atoms with E-state index in [1.54, 1.807) is 7.11 Å². The fourth-order valence-electron chi connectivity index (χ4n) is 1.91. The van der Waals surface area contributed by atoms with Gasteiger partial charge in [0.05, 0.1) is 13.0 Å². The van der Waals surface area contributed by atoms with Crippen LogP contribution in [-0.2, 0) is 4.79 Å². The van der Waals surface area contributed by atoms with Gasteiger partial charge < -0.3 is 9.84 Å². The minimum Gasteiger partial charge on any atom is -0.497 e. The number of methoxy groups -OCH3 is 1. The smallest absolute Gasteiger partial charge is 0.306 e. The first-order chi connectivity index (χ1) is 8.24. The zero-order chi connectivity index (χ0) is 12.5. The summed E-state index contributed by atoms with van der Waals surface area (Å²) in [5.74, 6) is 0.279. The third kappa shape index (κ3) is 5.38. The van der Waals surface area contributed by atoms with Crippen molar-refractivity contribution >= 4 is 5.97 Å². The van der Waals surface area contributed by atoms with Crippen molar-refractivity contribution in [2.75, 3.05) is 7.11 Å². The minimum atomic E-state index is -0.602. The highest BCUT2D eigenvalue weighted by Crippen LogP contribution is 2.23. The number of hydrogen-bond acceptors (Lipinski definition) is 2. The molecule has 1 aromatic carbocycles. The van der Waals surface area contributed by atoms with Crippen molar-refractivity contribution in [3.05, 3.63) is 30.3 Å². The average molecular weight is 236 g/mol. The van der Waals surface area contributed by atoms with Gasteiger partial charge in [-0.1, -0.05) is 37.5 Å². The second kappa shape index (κ2) is 7.71. The van der Waals surface area contributed by atoms with E-state index in [9.17, 15) is 4.79 Å². The lowest BCUT2D eigenvalue weighted by Gasteiger charge is -2.16. The van der Waals surface area contributed by atoms with Gasteiger partial charge in [-0.25, -0.2) is 0 Å². The van der Waals surface area contributed by atoms with Crippen LogP contribution in [0, 0.1) is 5.92 Å². The standard InChI is InChI=1S/C7H12O2.C7H8O/c8-7(9)6-4-2-1-3-5-6;1-8-7-5-3-2-4-6-7/h6H,1-5H2,(H,8,9);2-6H,1H3. The first kappa shape index (κ1) is 13.6. The predicted molar refractivity (Wildman–Crippen MR) is 67.2 cm³/mol. The third-order valence-corrected chi connectivity index (χ3v) is 2.93. The molecular formula is C14H20O3. The van der Waals surface area contributed by atoms with Crippen LogP contribution in [0.5, 0.6) is 5.75 Å². The maximum atomic E-state index is 10.4. The Balaban J connectivity index is 0.000000171. The van der Waals surface area contributed by atoms with Gasteiger partial charge in [0.15, 0.2) is 0 Å². The SMILES string of the molecule is COc1ccccc1.O=C(O)C1CCCCC1. The Morgan fingerprint density at radius 2 is 1.76 bits per heavy atom. The number of benzene rings is 1. The number of rotatable bonds is 2. The average Bonchev–Trinajstić information content (AvgIpc) is 2.41. The summed E-state index contributed by atoms with van der Waals surface area (Å²) in [4.78, 5) is 10.4. The molecule has 1 aliphatic carbocycles. The van der Waals surface area contributed by atoms with Crippen LogP contribution in [0.1, 0.15) is 32.1 Å². The van der Waals surface area contributed by atoms with Gasteiger partial charge in [-0.05, 0) is 25.0 Å². The van der Waals surface area contributed by atoms with Crippen LogP contribution in [0.4, 0.5) is 0 Å². The Morgan fingerprint density at radius 3 is 2.12 bits per heavy atom. The number of aliphatic carboxylic acids is 1. The molecule has 3 heteroatoms. The van der Waals surface area contributed by atoms with E-state index in [-0.39, 0.29) is 5.92 Å². The number of carboxylic acid groups (broad SMARTS) is 1. The fraction of sp³-hybridized carbons (Fsp3) is 0.500. The predicted octanol–water partition coefficient (Wildman–Crippen LogP) is 3.35. The maximum Gasteiger partial charge on any atom is 0.306 e. The summed E-state index contributed by atoms with van der Waals surface area (Å²) in [6, 6.07) is 9.68. The Hall–Kier alpha value is -1.51. The van der Waals surface area contributed by atoms with E-state index >= 15 is 0 Å². The summed E-state index contributed by atoms with van der Waals surface area (Å²) in [6.45, 7) is 0. The number of carboxylic acids is 1. The van der Waals surface area contributed by atoms with Crippen molar-refractivity contribution < 1.29 is 14.6 Å². The number of para-hydroxylation sites is 1. The summed E-state index contributed by atoms with van der Waals surface area (Å²) < 4.78 is 4.91. The number of hydrogen-bond donors (Lipinski definition) is 1. The van der Waals surface area contributed by atoms with Gasteiger partial charge in [0, 0.05) is 0 Å². The normalized spacial score (nSPS) is 15.6. The summed E-state index contributed by atoms with van der Waals surface area (Å²) >= 11 is 0. The number of carbonyl (C=O) groups is 1. The second-order valence-electron chi connectivity index (χ2n) is 4.19. The largest absolute Gasteiger partial charge is 0.497 e. The van der Waals surface area contributed by atoms with Gasteiger partial charge in [-0.15, -0.1) is 0 Å². The first-order valence-electron chi connectivity index (χ1n) is 6.06. The first-order valence-corrected chi connectivity index (χ1v) is 6.06. The zero-order valence-electron chi connectivity index (χ0n) is 10.3. The molecule has 0 unspecified atom stereocenters. The minimum absolute atomic E-state index is 0.0289. The van der Waals surface area contributed by atoms with Crippen LogP contribution < -0.4 is 4.74 Å². The van der Waals surface area contributed by atoms with Gasteiger partial charge in [0.2, 0.25) is 0 Å².